The zero-order valence-corrected chi connectivity index (χ0v) is 12.1. The number of carbonyl (C=O) groups excluding carboxylic acids is 1. The van der Waals surface area contributed by atoms with Crippen molar-refractivity contribution in [1.82, 2.24) is 4.98 Å². The Morgan fingerprint density at radius 3 is 2.90 bits per heavy atom. The van der Waals surface area contributed by atoms with Crippen molar-refractivity contribution in [3.8, 4) is 10.4 Å². The lowest BCUT2D eigenvalue weighted by Gasteiger charge is -2.03. The summed E-state index contributed by atoms with van der Waals surface area (Å²) in [6.07, 6.45) is 3.32. The summed E-state index contributed by atoms with van der Waals surface area (Å²) in [5.41, 5.74) is 2.14. The Balaban J connectivity index is 2.06. The van der Waals surface area contributed by atoms with Gasteiger partial charge in [0, 0.05) is 28.4 Å². The molecule has 2 heterocycles. The number of aromatic nitrogens is 1. The smallest absolute Gasteiger partial charge is 0.172 e. The van der Waals surface area contributed by atoms with E-state index in [9.17, 15) is 4.79 Å². The molecule has 2 nitrogen and oxygen atoms in total. The van der Waals surface area contributed by atoms with Crippen molar-refractivity contribution in [3.05, 3.63) is 53.5 Å². The molecule has 0 unspecified atom stereocenters. The molecule has 3 heteroatoms. The SMILES string of the molecule is CCCC(=O)c1ccc(-c2cccc3ncccc23)s1. The van der Waals surface area contributed by atoms with E-state index in [1.165, 1.54) is 0 Å². The largest absolute Gasteiger partial charge is 0.293 e. The maximum absolute atomic E-state index is 12.0. The fraction of sp³-hybridized carbons (Fsp3) is 0.176. The molecule has 0 amide bonds. The molecule has 0 aliphatic carbocycles. The normalized spacial score (nSPS) is 10.8. The highest BCUT2D eigenvalue weighted by molar-refractivity contribution is 7.17. The van der Waals surface area contributed by atoms with Crippen molar-refractivity contribution in [2.75, 3.05) is 0 Å². The number of pyridine rings is 1. The summed E-state index contributed by atoms with van der Waals surface area (Å²) in [5, 5.41) is 1.13. The summed E-state index contributed by atoms with van der Waals surface area (Å²) in [4.78, 5) is 18.3. The second kappa shape index (κ2) is 5.55. The van der Waals surface area contributed by atoms with Crippen LogP contribution in [-0.2, 0) is 0 Å². The first-order valence-corrected chi connectivity index (χ1v) is 7.58. The van der Waals surface area contributed by atoms with Gasteiger partial charge in [-0.3, -0.25) is 9.78 Å². The van der Waals surface area contributed by atoms with Crippen LogP contribution in [0.5, 0.6) is 0 Å². The molecule has 100 valence electrons. The highest BCUT2D eigenvalue weighted by Crippen LogP contribution is 2.33. The maximum atomic E-state index is 12.0. The summed E-state index contributed by atoms with van der Waals surface area (Å²) in [6.45, 7) is 2.03. The molecule has 0 bridgehead atoms. The molecule has 1 aromatic carbocycles. The molecule has 0 fully saturated rings. The monoisotopic (exact) mass is 281 g/mol. The molecule has 0 radical (unpaired) electrons. The van der Waals surface area contributed by atoms with Gasteiger partial charge in [-0.1, -0.05) is 25.1 Å². The summed E-state index contributed by atoms with van der Waals surface area (Å²) in [7, 11) is 0. The van der Waals surface area contributed by atoms with Crippen LogP contribution in [0.25, 0.3) is 21.3 Å². The van der Waals surface area contributed by atoms with Crippen molar-refractivity contribution < 1.29 is 4.79 Å². The van der Waals surface area contributed by atoms with Crippen LogP contribution in [0.15, 0.2) is 48.7 Å². The molecular weight excluding hydrogens is 266 g/mol. The lowest BCUT2D eigenvalue weighted by Crippen LogP contribution is -1.93. The Morgan fingerprint density at radius 2 is 2.05 bits per heavy atom. The minimum atomic E-state index is 0.238. The van der Waals surface area contributed by atoms with Crippen LogP contribution in [0.4, 0.5) is 0 Å². The fourth-order valence-electron chi connectivity index (χ4n) is 2.30. The third-order valence-corrected chi connectivity index (χ3v) is 4.43. The standard InChI is InChI=1S/C17H15NOS/c1-2-5-15(19)17-10-9-16(20-17)13-6-3-8-14-12(13)7-4-11-18-14/h3-4,6-11H,2,5H2,1H3. The van der Waals surface area contributed by atoms with Gasteiger partial charge in [0.05, 0.1) is 10.4 Å². The quantitative estimate of drug-likeness (QED) is 0.633. The molecule has 0 atom stereocenters. The van der Waals surface area contributed by atoms with Crippen molar-refractivity contribution in [2.45, 2.75) is 19.8 Å². The van der Waals surface area contributed by atoms with Gasteiger partial charge >= 0.3 is 0 Å². The van der Waals surface area contributed by atoms with Crippen molar-refractivity contribution in [2.24, 2.45) is 0 Å². The van der Waals surface area contributed by atoms with E-state index in [2.05, 4.69) is 17.1 Å². The highest BCUT2D eigenvalue weighted by Gasteiger charge is 2.11. The van der Waals surface area contributed by atoms with E-state index in [1.807, 2.05) is 37.3 Å². The number of fused-ring (bicyclic) bond motifs is 1. The van der Waals surface area contributed by atoms with Crippen molar-refractivity contribution in [3.63, 3.8) is 0 Å². The molecule has 3 rings (SSSR count). The van der Waals surface area contributed by atoms with E-state index in [0.717, 1.165) is 32.6 Å². The summed E-state index contributed by atoms with van der Waals surface area (Å²) >= 11 is 1.57. The van der Waals surface area contributed by atoms with E-state index in [0.29, 0.717) is 6.42 Å². The number of hydrogen-bond acceptors (Lipinski definition) is 3. The predicted molar refractivity (Wildman–Crippen MR) is 84.3 cm³/mol. The van der Waals surface area contributed by atoms with Crippen molar-refractivity contribution in [1.29, 1.82) is 0 Å². The number of ketones is 1. The Morgan fingerprint density at radius 1 is 1.15 bits per heavy atom. The Kier molecular flexibility index (Phi) is 3.61. The van der Waals surface area contributed by atoms with E-state index in [-0.39, 0.29) is 5.78 Å². The molecule has 0 spiro atoms. The lowest BCUT2D eigenvalue weighted by atomic mass is 10.1. The average Bonchev–Trinajstić information content (AvgIpc) is 2.97. The van der Waals surface area contributed by atoms with E-state index >= 15 is 0 Å². The molecule has 0 saturated carbocycles. The van der Waals surface area contributed by atoms with Gasteiger partial charge in [0.15, 0.2) is 5.78 Å². The van der Waals surface area contributed by atoms with Gasteiger partial charge in [0.2, 0.25) is 0 Å². The Bertz CT molecular complexity index is 755. The van der Waals surface area contributed by atoms with Crippen LogP contribution in [0.1, 0.15) is 29.4 Å². The molecule has 20 heavy (non-hydrogen) atoms. The summed E-state index contributed by atoms with van der Waals surface area (Å²) in [6, 6.07) is 14.1. The van der Waals surface area contributed by atoms with Gasteiger partial charge in [-0.15, -0.1) is 11.3 Å². The number of nitrogens with zero attached hydrogens (tertiary/aromatic N) is 1. The number of hydrogen-bond donors (Lipinski definition) is 0. The van der Waals surface area contributed by atoms with Gasteiger partial charge in [-0.05, 0) is 30.7 Å². The zero-order valence-electron chi connectivity index (χ0n) is 11.3. The zero-order chi connectivity index (χ0) is 13.9. The van der Waals surface area contributed by atoms with Crippen LogP contribution in [0, 0.1) is 0 Å². The molecule has 0 saturated heterocycles. The highest BCUT2D eigenvalue weighted by atomic mass is 32.1. The van der Waals surface area contributed by atoms with Crippen LogP contribution < -0.4 is 0 Å². The maximum Gasteiger partial charge on any atom is 0.172 e. The van der Waals surface area contributed by atoms with E-state index < -0.39 is 0 Å². The summed E-state index contributed by atoms with van der Waals surface area (Å²) in [5.74, 6) is 0.238. The van der Waals surface area contributed by atoms with Crippen molar-refractivity contribution >= 4 is 28.0 Å². The molecule has 0 N–H and O–H groups in total. The van der Waals surface area contributed by atoms with Crippen LogP contribution in [0.3, 0.4) is 0 Å². The molecule has 0 aliphatic rings. The molecule has 0 aliphatic heterocycles. The number of thiophene rings is 1. The van der Waals surface area contributed by atoms with Gasteiger partial charge in [0.1, 0.15) is 0 Å². The number of rotatable bonds is 4. The van der Waals surface area contributed by atoms with Gasteiger partial charge in [-0.2, -0.15) is 0 Å². The van der Waals surface area contributed by atoms with E-state index in [4.69, 9.17) is 0 Å². The van der Waals surface area contributed by atoms with Gasteiger partial charge < -0.3 is 0 Å². The number of benzene rings is 1. The van der Waals surface area contributed by atoms with Crippen LogP contribution in [-0.4, -0.2) is 10.8 Å². The Hall–Kier alpha value is -2.00. The van der Waals surface area contributed by atoms with E-state index in [1.54, 1.807) is 17.5 Å². The topological polar surface area (TPSA) is 30.0 Å². The first kappa shape index (κ1) is 13.0. The fourth-order valence-corrected chi connectivity index (χ4v) is 3.31. The molecule has 2 aromatic heterocycles. The molecular formula is C17H15NOS. The average molecular weight is 281 g/mol. The molecule has 3 aromatic rings. The second-order valence-corrected chi connectivity index (χ2v) is 5.80. The second-order valence-electron chi connectivity index (χ2n) is 4.71. The lowest BCUT2D eigenvalue weighted by molar-refractivity contribution is 0.0985. The first-order chi connectivity index (χ1) is 9.79. The number of Topliss-reactive ketones (excluding diaryl/α,β-unsaturated/α-hetero) is 1. The number of carbonyl (C=O) groups is 1. The predicted octanol–water partition coefficient (Wildman–Crippen LogP) is 4.95. The minimum Gasteiger partial charge on any atom is -0.293 e. The Labute approximate surface area is 122 Å². The summed E-state index contributed by atoms with van der Waals surface area (Å²) < 4.78 is 0. The first-order valence-electron chi connectivity index (χ1n) is 6.76. The van der Waals surface area contributed by atoms with Gasteiger partial charge in [0.25, 0.3) is 0 Å². The third kappa shape index (κ3) is 2.37. The van der Waals surface area contributed by atoms with Crippen LogP contribution in [0.2, 0.25) is 0 Å². The van der Waals surface area contributed by atoms with Crippen LogP contribution >= 0.6 is 11.3 Å². The third-order valence-electron chi connectivity index (χ3n) is 3.27. The minimum absolute atomic E-state index is 0.238. The van der Waals surface area contributed by atoms with Gasteiger partial charge in [-0.25, -0.2) is 0 Å².